The highest BCUT2D eigenvalue weighted by molar-refractivity contribution is 7.89. The highest BCUT2D eigenvalue weighted by Gasteiger charge is 2.27. The summed E-state index contributed by atoms with van der Waals surface area (Å²) in [6.45, 7) is 3.25. The molecule has 0 fully saturated rings. The Balaban J connectivity index is 3.97. The number of halogens is 3. The topological polar surface area (TPSA) is 66.4 Å². The van der Waals surface area contributed by atoms with Crippen molar-refractivity contribution in [3.63, 3.8) is 0 Å². The molecule has 0 aromatic heterocycles. The lowest BCUT2D eigenvalue weighted by Gasteiger charge is -2.15. The smallest absolute Gasteiger partial charge is 0.389 e. The molecule has 0 aliphatic carbocycles. The number of nitrogens with one attached hydrogen (secondary N) is 1. The van der Waals surface area contributed by atoms with Crippen LogP contribution in [0, 0.1) is 5.92 Å². The zero-order valence-corrected chi connectivity index (χ0v) is 10.6. The second-order valence-electron chi connectivity index (χ2n) is 4.20. The number of aliphatic hydroxyl groups excluding tert-OH is 1. The van der Waals surface area contributed by atoms with Crippen molar-refractivity contribution in [2.24, 2.45) is 5.92 Å². The van der Waals surface area contributed by atoms with Crippen molar-refractivity contribution in [2.45, 2.75) is 39.0 Å². The van der Waals surface area contributed by atoms with E-state index < -0.39 is 40.9 Å². The second kappa shape index (κ2) is 6.55. The molecule has 1 unspecified atom stereocenters. The van der Waals surface area contributed by atoms with Crippen LogP contribution in [0.5, 0.6) is 0 Å². The van der Waals surface area contributed by atoms with Crippen molar-refractivity contribution in [3.8, 4) is 0 Å². The zero-order valence-electron chi connectivity index (χ0n) is 9.79. The predicted molar refractivity (Wildman–Crippen MR) is 57.9 cm³/mol. The van der Waals surface area contributed by atoms with Crippen LogP contribution in [-0.4, -0.2) is 38.1 Å². The van der Waals surface area contributed by atoms with Gasteiger partial charge in [-0.15, -0.1) is 0 Å². The molecule has 2 N–H and O–H groups in total. The molecule has 104 valence electrons. The predicted octanol–water partition coefficient (Wildman–Crippen LogP) is 1.27. The standard InChI is InChI=1S/C9H18F3NO3S/c1-7(2)8(14)6-13-17(15,16)5-3-4-9(10,11)12/h7-8,13-14H,3-6H2,1-2H3. The van der Waals surface area contributed by atoms with Crippen molar-refractivity contribution in [1.29, 1.82) is 0 Å². The molecule has 8 heteroatoms. The van der Waals surface area contributed by atoms with Gasteiger partial charge in [0.2, 0.25) is 10.0 Å². The van der Waals surface area contributed by atoms with Crippen molar-refractivity contribution >= 4 is 10.0 Å². The molecule has 4 nitrogen and oxygen atoms in total. The summed E-state index contributed by atoms with van der Waals surface area (Å²) < 4.78 is 60.0. The molecule has 0 aromatic carbocycles. The van der Waals surface area contributed by atoms with Crippen molar-refractivity contribution < 1.29 is 26.7 Å². The molecule has 1 atom stereocenters. The lowest BCUT2D eigenvalue weighted by atomic mass is 10.1. The van der Waals surface area contributed by atoms with Gasteiger partial charge in [0.25, 0.3) is 0 Å². The molecule has 0 rings (SSSR count). The Hall–Kier alpha value is -0.340. The summed E-state index contributed by atoms with van der Waals surface area (Å²) in [7, 11) is -3.74. The maximum absolute atomic E-state index is 11.8. The Morgan fingerprint density at radius 3 is 2.24 bits per heavy atom. The van der Waals surface area contributed by atoms with E-state index in [1.165, 1.54) is 0 Å². The van der Waals surface area contributed by atoms with Crippen molar-refractivity contribution in [1.82, 2.24) is 4.72 Å². The Bertz CT molecular complexity index is 314. The molecule has 0 saturated carbocycles. The third-order valence-electron chi connectivity index (χ3n) is 2.16. The van der Waals surface area contributed by atoms with E-state index in [4.69, 9.17) is 0 Å². The number of aliphatic hydroxyl groups is 1. The van der Waals surface area contributed by atoms with Crippen LogP contribution >= 0.6 is 0 Å². The minimum Gasteiger partial charge on any atom is -0.391 e. The van der Waals surface area contributed by atoms with Crippen LogP contribution in [0.2, 0.25) is 0 Å². The number of hydrogen-bond donors (Lipinski definition) is 2. The summed E-state index contributed by atoms with van der Waals surface area (Å²) in [6.07, 6.45) is -6.78. The highest BCUT2D eigenvalue weighted by Crippen LogP contribution is 2.21. The minimum absolute atomic E-state index is 0.118. The molecule has 0 spiro atoms. The van der Waals surface area contributed by atoms with Crippen LogP contribution in [0.25, 0.3) is 0 Å². The van der Waals surface area contributed by atoms with Gasteiger partial charge in [0.15, 0.2) is 0 Å². The quantitative estimate of drug-likeness (QED) is 0.736. The summed E-state index contributed by atoms with van der Waals surface area (Å²) in [5.74, 6) is -0.704. The molecule has 0 aliphatic rings. The third-order valence-corrected chi connectivity index (χ3v) is 3.59. The number of rotatable bonds is 7. The van der Waals surface area contributed by atoms with E-state index in [0.29, 0.717) is 0 Å². The summed E-state index contributed by atoms with van der Waals surface area (Å²) in [5, 5.41) is 9.34. The van der Waals surface area contributed by atoms with Gasteiger partial charge in [-0.05, 0) is 12.3 Å². The van der Waals surface area contributed by atoms with Gasteiger partial charge in [-0.3, -0.25) is 0 Å². The average molecular weight is 277 g/mol. The number of hydrogen-bond acceptors (Lipinski definition) is 3. The first-order chi connectivity index (χ1) is 7.53. The summed E-state index contributed by atoms with van der Waals surface area (Å²) >= 11 is 0. The van der Waals surface area contributed by atoms with Gasteiger partial charge in [0.05, 0.1) is 11.9 Å². The number of sulfonamides is 1. The second-order valence-corrected chi connectivity index (χ2v) is 6.12. The fourth-order valence-electron chi connectivity index (χ4n) is 0.983. The molecule has 17 heavy (non-hydrogen) atoms. The van der Waals surface area contributed by atoms with E-state index in [1.54, 1.807) is 13.8 Å². The molecule has 0 heterocycles. The maximum atomic E-state index is 11.8. The first-order valence-corrected chi connectivity index (χ1v) is 6.91. The third kappa shape index (κ3) is 9.37. The van der Waals surface area contributed by atoms with Crippen LogP contribution in [-0.2, 0) is 10.0 Å². The van der Waals surface area contributed by atoms with Gasteiger partial charge in [-0.25, -0.2) is 13.1 Å². The van der Waals surface area contributed by atoms with Gasteiger partial charge in [-0.2, -0.15) is 13.2 Å². The van der Waals surface area contributed by atoms with Crippen LogP contribution in [0.15, 0.2) is 0 Å². The first kappa shape index (κ1) is 16.7. The largest absolute Gasteiger partial charge is 0.391 e. The number of alkyl halides is 3. The lowest BCUT2D eigenvalue weighted by molar-refractivity contribution is -0.134. The average Bonchev–Trinajstić information content (AvgIpc) is 2.11. The molecule has 0 radical (unpaired) electrons. The summed E-state index contributed by atoms with van der Waals surface area (Å²) in [5.41, 5.74) is 0. The highest BCUT2D eigenvalue weighted by atomic mass is 32.2. The molecule has 0 aliphatic heterocycles. The molecule has 0 saturated heterocycles. The van der Waals surface area contributed by atoms with Crippen molar-refractivity contribution in [2.75, 3.05) is 12.3 Å². The normalized spacial score (nSPS) is 15.2. The Morgan fingerprint density at radius 1 is 1.29 bits per heavy atom. The molecular formula is C9H18F3NO3S. The molecular weight excluding hydrogens is 259 g/mol. The van der Waals surface area contributed by atoms with E-state index in [-0.39, 0.29) is 12.5 Å². The lowest BCUT2D eigenvalue weighted by Crippen LogP contribution is -2.36. The van der Waals surface area contributed by atoms with E-state index >= 15 is 0 Å². The Morgan fingerprint density at radius 2 is 1.82 bits per heavy atom. The fraction of sp³-hybridized carbons (Fsp3) is 1.00. The molecule has 0 aromatic rings. The van der Waals surface area contributed by atoms with Gasteiger partial charge in [0, 0.05) is 13.0 Å². The minimum atomic E-state index is -4.34. The van der Waals surface area contributed by atoms with Gasteiger partial charge in [-0.1, -0.05) is 13.8 Å². The van der Waals surface area contributed by atoms with E-state index in [0.717, 1.165) is 0 Å². The molecule has 0 amide bonds. The zero-order chi connectivity index (χ0) is 13.7. The maximum Gasteiger partial charge on any atom is 0.389 e. The van der Waals surface area contributed by atoms with Crippen LogP contribution in [0.1, 0.15) is 26.7 Å². The Labute approximate surface area is 99.3 Å². The van der Waals surface area contributed by atoms with E-state index in [9.17, 15) is 26.7 Å². The Kier molecular flexibility index (Phi) is 6.42. The van der Waals surface area contributed by atoms with Crippen LogP contribution in [0.4, 0.5) is 13.2 Å². The SMILES string of the molecule is CC(C)C(O)CNS(=O)(=O)CCCC(F)(F)F. The van der Waals surface area contributed by atoms with E-state index in [1.807, 2.05) is 0 Å². The van der Waals surface area contributed by atoms with Gasteiger partial charge in [0.1, 0.15) is 0 Å². The van der Waals surface area contributed by atoms with Gasteiger partial charge < -0.3 is 5.11 Å². The van der Waals surface area contributed by atoms with Crippen LogP contribution < -0.4 is 4.72 Å². The molecule has 0 bridgehead atoms. The van der Waals surface area contributed by atoms with Crippen molar-refractivity contribution in [3.05, 3.63) is 0 Å². The monoisotopic (exact) mass is 277 g/mol. The first-order valence-electron chi connectivity index (χ1n) is 5.25. The van der Waals surface area contributed by atoms with Crippen LogP contribution in [0.3, 0.4) is 0 Å². The summed E-state index contributed by atoms with van der Waals surface area (Å²) in [4.78, 5) is 0. The fourth-order valence-corrected chi connectivity index (χ4v) is 2.08. The van der Waals surface area contributed by atoms with E-state index in [2.05, 4.69) is 4.72 Å². The van der Waals surface area contributed by atoms with Gasteiger partial charge >= 0.3 is 6.18 Å². The summed E-state index contributed by atoms with van der Waals surface area (Å²) in [6, 6.07) is 0.